The highest BCUT2D eigenvalue weighted by Crippen LogP contribution is 2.18. The molecule has 6 heteroatoms. The number of nitro groups is 1. The number of aryl methyl sites for hydroxylation is 1. The average Bonchev–Trinajstić information content (AvgIpc) is 2.34. The van der Waals surface area contributed by atoms with E-state index in [9.17, 15) is 14.9 Å². The Morgan fingerprint density at radius 2 is 2.11 bits per heavy atom. The molecular formula is C12H15ClN2O3. The molecule has 1 aromatic carbocycles. The Labute approximate surface area is 110 Å². The van der Waals surface area contributed by atoms with Crippen molar-refractivity contribution in [1.29, 1.82) is 0 Å². The summed E-state index contributed by atoms with van der Waals surface area (Å²) in [5.74, 6) is 0.109. The lowest BCUT2D eigenvalue weighted by atomic mass is 10.1. The van der Waals surface area contributed by atoms with Gasteiger partial charge in [0.2, 0.25) is 0 Å². The first-order valence-corrected chi connectivity index (χ1v) is 6.14. The molecule has 18 heavy (non-hydrogen) atoms. The molecule has 98 valence electrons. The molecule has 0 N–H and O–H groups in total. The number of nitro benzene ring substituents is 1. The predicted molar refractivity (Wildman–Crippen MR) is 70.1 cm³/mol. The lowest BCUT2D eigenvalue weighted by Gasteiger charge is -2.19. The van der Waals surface area contributed by atoms with Gasteiger partial charge in [0.25, 0.3) is 11.6 Å². The summed E-state index contributed by atoms with van der Waals surface area (Å²) in [4.78, 5) is 24.0. The molecule has 0 heterocycles. The molecule has 0 saturated carbocycles. The predicted octanol–water partition coefficient (Wildman–Crippen LogP) is 2.60. The molecule has 0 aromatic heterocycles. The number of benzene rings is 1. The highest BCUT2D eigenvalue weighted by Gasteiger charge is 2.17. The largest absolute Gasteiger partial charge is 0.338 e. The molecule has 0 fully saturated rings. The van der Waals surface area contributed by atoms with E-state index < -0.39 is 4.92 Å². The van der Waals surface area contributed by atoms with Gasteiger partial charge in [-0.2, -0.15) is 0 Å². The average molecular weight is 271 g/mol. The molecule has 1 aromatic rings. The minimum atomic E-state index is -0.498. The van der Waals surface area contributed by atoms with Crippen LogP contribution in [-0.4, -0.2) is 34.7 Å². The Hall–Kier alpha value is -1.62. The highest BCUT2D eigenvalue weighted by atomic mass is 35.5. The van der Waals surface area contributed by atoms with Gasteiger partial charge < -0.3 is 4.90 Å². The van der Waals surface area contributed by atoms with E-state index in [-0.39, 0.29) is 11.6 Å². The van der Waals surface area contributed by atoms with E-state index in [1.165, 1.54) is 12.1 Å². The Morgan fingerprint density at radius 1 is 1.44 bits per heavy atom. The molecular weight excluding hydrogens is 256 g/mol. The number of carbonyl (C=O) groups excluding carboxylic acids is 1. The van der Waals surface area contributed by atoms with Gasteiger partial charge in [-0.25, -0.2) is 0 Å². The van der Waals surface area contributed by atoms with E-state index in [1.807, 2.05) is 6.92 Å². The number of carbonyl (C=O) groups is 1. The lowest BCUT2D eigenvalue weighted by molar-refractivity contribution is -0.384. The molecule has 0 spiro atoms. The number of nitrogens with zero attached hydrogens (tertiary/aromatic N) is 2. The maximum atomic E-state index is 12.1. The van der Waals surface area contributed by atoms with Crippen LogP contribution < -0.4 is 0 Å². The molecule has 0 aliphatic heterocycles. The van der Waals surface area contributed by atoms with Gasteiger partial charge in [-0.3, -0.25) is 14.9 Å². The van der Waals surface area contributed by atoms with Gasteiger partial charge in [0.15, 0.2) is 0 Å². The van der Waals surface area contributed by atoms with Crippen molar-refractivity contribution in [3.8, 4) is 0 Å². The van der Waals surface area contributed by atoms with Crippen LogP contribution in [-0.2, 0) is 0 Å². The molecule has 0 atom stereocenters. The minimum Gasteiger partial charge on any atom is -0.338 e. The zero-order chi connectivity index (χ0) is 13.7. The molecule has 5 nitrogen and oxygen atoms in total. The molecule has 1 rings (SSSR count). The highest BCUT2D eigenvalue weighted by molar-refractivity contribution is 6.18. The maximum absolute atomic E-state index is 12.1. The Morgan fingerprint density at radius 3 is 2.61 bits per heavy atom. The van der Waals surface area contributed by atoms with Crippen LogP contribution in [0.1, 0.15) is 22.8 Å². The number of amides is 1. The first-order valence-electron chi connectivity index (χ1n) is 5.61. The maximum Gasteiger partial charge on any atom is 0.270 e. The Kier molecular flexibility index (Phi) is 5.09. The standard InChI is InChI=1S/C12H15ClN2O3/c1-3-14(5-4-13)12(16)10-6-9(2)7-11(8-10)15(17)18/h6-8H,3-5H2,1-2H3. The first kappa shape index (κ1) is 14.4. The third-order valence-electron chi connectivity index (χ3n) is 2.54. The van der Waals surface area contributed by atoms with Crippen LogP contribution in [0.15, 0.2) is 18.2 Å². The summed E-state index contributed by atoms with van der Waals surface area (Å²) in [5, 5.41) is 10.8. The van der Waals surface area contributed by atoms with Crippen LogP contribution in [0.4, 0.5) is 5.69 Å². The normalized spacial score (nSPS) is 10.2. The van der Waals surface area contributed by atoms with E-state index in [0.717, 1.165) is 0 Å². The smallest absolute Gasteiger partial charge is 0.270 e. The second-order valence-corrected chi connectivity index (χ2v) is 4.27. The second kappa shape index (κ2) is 6.35. The van der Waals surface area contributed by atoms with E-state index in [4.69, 9.17) is 11.6 Å². The minimum absolute atomic E-state index is 0.0692. The zero-order valence-electron chi connectivity index (χ0n) is 10.4. The first-order chi connectivity index (χ1) is 8.49. The molecule has 0 aliphatic carbocycles. The van der Waals surface area contributed by atoms with Crippen molar-refractivity contribution in [2.45, 2.75) is 13.8 Å². The van der Waals surface area contributed by atoms with Crippen LogP contribution in [0.5, 0.6) is 0 Å². The van der Waals surface area contributed by atoms with E-state index in [1.54, 1.807) is 17.9 Å². The number of hydrogen-bond acceptors (Lipinski definition) is 3. The van der Waals surface area contributed by atoms with Gasteiger partial charge in [-0.1, -0.05) is 0 Å². The lowest BCUT2D eigenvalue weighted by Crippen LogP contribution is -2.32. The van der Waals surface area contributed by atoms with Crippen LogP contribution in [0.3, 0.4) is 0 Å². The summed E-state index contributed by atoms with van der Waals surface area (Å²) < 4.78 is 0. The summed E-state index contributed by atoms with van der Waals surface area (Å²) in [6.07, 6.45) is 0. The number of rotatable bonds is 5. The molecule has 0 bridgehead atoms. The van der Waals surface area contributed by atoms with Crippen LogP contribution in [0.25, 0.3) is 0 Å². The fourth-order valence-corrected chi connectivity index (χ4v) is 1.88. The fourth-order valence-electron chi connectivity index (χ4n) is 1.68. The van der Waals surface area contributed by atoms with Crippen molar-refractivity contribution in [2.75, 3.05) is 19.0 Å². The Bertz CT molecular complexity index is 463. The summed E-state index contributed by atoms with van der Waals surface area (Å²) >= 11 is 5.62. The number of hydrogen-bond donors (Lipinski definition) is 0. The van der Waals surface area contributed by atoms with Crippen LogP contribution >= 0.6 is 11.6 Å². The van der Waals surface area contributed by atoms with E-state index in [2.05, 4.69) is 0 Å². The second-order valence-electron chi connectivity index (χ2n) is 3.89. The van der Waals surface area contributed by atoms with Crippen molar-refractivity contribution in [3.63, 3.8) is 0 Å². The zero-order valence-corrected chi connectivity index (χ0v) is 11.1. The summed E-state index contributed by atoms with van der Waals surface area (Å²) in [6.45, 7) is 4.52. The van der Waals surface area contributed by atoms with E-state index >= 15 is 0 Å². The van der Waals surface area contributed by atoms with Gasteiger partial charge in [0.1, 0.15) is 0 Å². The third-order valence-corrected chi connectivity index (χ3v) is 2.71. The van der Waals surface area contributed by atoms with Gasteiger partial charge in [-0.15, -0.1) is 11.6 Å². The quantitative estimate of drug-likeness (QED) is 0.469. The number of alkyl halides is 1. The topological polar surface area (TPSA) is 63.5 Å². The monoisotopic (exact) mass is 270 g/mol. The summed E-state index contributed by atoms with van der Waals surface area (Å²) in [5.41, 5.74) is 0.948. The number of non-ortho nitro benzene ring substituents is 1. The molecule has 0 aliphatic rings. The van der Waals surface area contributed by atoms with Crippen LogP contribution in [0, 0.1) is 17.0 Å². The van der Waals surface area contributed by atoms with Crippen molar-refractivity contribution in [2.24, 2.45) is 0 Å². The fraction of sp³-hybridized carbons (Fsp3) is 0.417. The van der Waals surface area contributed by atoms with Gasteiger partial charge >= 0.3 is 0 Å². The number of halogens is 1. The van der Waals surface area contributed by atoms with Gasteiger partial charge in [-0.05, 0) is 25.5 Å². The van der Waals surface area contributed by atoms with E-state index in [0.29, 0.717) is 30.1 Å². The van der Waals surface area contributed by atoms with Crippen molar-refractivity contribution in [1.82, 2.24) is 4.90 Å². The summed E-state index contributed by atoms with van der Waals surface area (Å²) in [7, 11) is 0. The van der Waals surface area contributed by atoms with Crippen molar-refractivity contribution < 1.29 is 9.72 Å². The molecule has 0 radical (unpaired) electrons. The SMILES string of the molecule is CCN(CCCl)C(=O)c1cc(C)cc([N+](=O)[O-])c1. The van der Waals surface area contributed by atoms with Gasteiger partial charge in [0.05, 0.1) is 4.92 Å². The molecule has 0 unspecified atom stereocenters. The Balaban J connectivity index is 3.08. The molecule has 0 saturated heterocycles. The molecule has 1 amide bonds. The van der Waals surface area contributed by atoms with Crippen molar-refractivity contribution >= 4 is 23.2 Å². The van der Waals surface area contributed by atoms with Crippen molar-refractivity contribution in [3.05, 3.63) is 39.4 Å². The summed E-state index contributed by atoms with van der Waals surface area (Å²) in [6, 6.07) is 4.38. The van der Waals surface area contributed by atoms with Crippen LogP contribution in [0.2, 0.25) is 0 Å². The van der Waals surface area contributed by atoms with Gasteiger partial charge in [0, 0.05) is 36.7 Å². The third kappa shape index (κ3) is 3.43.